The summed E-state index contributed by atoms with van der Waals surface area (Å²) in [4.78, 5) is 0. The average Bonchev–Trinajstić information content (AvgIpc) is 3.13. The van der Waals surface area contributed by atoms with Crippen LogP contribution in [0.25, 0.3) is 10.6 Å². The zero-order valence-corrected chi connectivity index (χ0v) is 12.5. The SMILES string of the molecule is Fc1cc(Cl)ccc1-c1nnc(CCCNC2CC2)s1. The Morgan fingerprint density at radius 1 is 1.35 bits per heavy atom. The van der Waals surface area contributed by atoms with Crippen molar-refractivity contribution in [1.29, 1.82) is 0 Å². The number of hydrogen-bond donors (Lipinski definition) is 1. The first-order valence-electron chi connectivity index (χ1n) is 6.73. The third kappa shape index (κ3) is 3.53. The first kappa shape index (κ1) is 13.9. The lowest BCUT2D eigenvalue weighted by atomic mass is 10.2. The van der Waals surface area contributed by atoms with Gasteiger partial charge in [-0.25, -0.2) is 4.39 Å². The summed E-state index contributed by atoms with van der Waals surface area (Å²) in [6.45, 7) is 1.01. The molecule has 3 nitrogen and oxygen atoms in total. The Bertz CT molecular complexity index is 598. The molecule has 3 rings (SSSR count). The molecule has 0 atom stereocenters. The second-order valence-corrected chi connectivity index (χ2v) is 6.46. The van der Waals surface area contributed by atoms with Crippen molar-refractivity contribution in [3.8, 4) is 10.6 Å². The van der Waals surface area contributed by atoms with Gasteiger partial charge in [0.25, 0.3) is 0 Å². The Balaban J connectivity index is 1.60. The van der Waals surface area contributed by atoms with Crippen LogP contribution in [0.5, 0.6) is 0 Å². The Morgan fingerprint density at radius 2 is 2.20 bits per heavy atom. The van der Waals surface area contributed by atoms with Gasteiger partial charge in [0, 0.05) is 23.0 Å². The summed E-state index contributed by atoms with van der Waals surface area (Å²) in [6, 6.07) is 5.36. The van der Waals surface area contributed by atoms with Crippen molar-refractivity contribution in [3.05, 3.63) is 34.0 Å². The lowest BCUT2D eigenvalue weighted by Crippen LogP contribution is -2.17. The molecule has 0 aliphatic heterocycles. The molecule has 2 aromatic rings. The maximum absolute atomic E-state index is 13.8. The zero-order valence-electron chi connectivity index (χ0n) is 10.9. The van der Waals surface area contributed by atoms with Crippen molar-refractivity contribution >= 4 is 22.9 Å². The number of halogens is 2. The fourth-order valence-corrected chi connectivity index (χ4v) is 3.03. The summed E-state index contributed by atoms with van der Waals surface area (Å²) < 4.78 is 13.8. The van der Waals surface area contributed by atoms with Crippen LogP contribution in [-0.2, 0) is 6.42 Å². The van der Waals surface area contributed by atoms with Crippen LogP contribution < -0.4 is 5.32 Å². The number of nitrogens with one attached hydrogen (secondary N) is 1. The molecule has 0 spiro atoms. The van der Waals surface area contributed by atoms with Gasteiger partial charge in [0.15, 0.2) is 5.01 Å². The van der Waals surface area contributed by atoms with E-state index < -0.39 is 0 Å². The quantitative estimate of drug-likeness (QED) is 0.827. The lowest BCUT2D eigenvalue weighted by molar-refractivity contribution is 0.631. The van der Waals surface area contributed by atoms with E-state index in [9.17, 15) is 4.39 Å². The largest absolute Gasteiger partial charge is 0.314 e. The number of nitrogens with zero attached hydrogens (tertiary/aromatic N) is 2. The molecule has 1 N–H and O–H groups in total. The normalized spacial score (nSPS) is 14.7. The third-order valence-corrected chi connectivity index (χ3v) is 4.46. The number of hydrogen-bond acceptors (Lipinski definition) is 4. The molecule has 0 saturated heterocycles. The van der Waals surface area contributed by atoms with E-state index in [0.717, 1.165) is 30.4 Å². The highest BCUT2D eigenvalue weighted by atomic mass is 35.5. The first-order valence-corrected chi connectivity index (χ1v) is 7.93. The number of aryl methyl sites for hydroxylation is 1. The lowest BCUT2D eigenvalue weighted by Gasteiger charge is -1.99. The maximum Gasteiger partial charge on any atom is 0.150 e. The van der Waals surface area contributed by atoms with Gasteiger partial charge in [0.05, 0.1) is 0 Å². The first-order chi connectivity index (χ1) is 9.72. The van der Waals surface area contributed by atoms with Gasteiger partial charge < -0.3 is 5.32 Å². The minimum Gasteiger partial charge on any atom is -0.314 e. The van der Waals surface area contributed by atoms with E-state index in [0.29, 0.717) is 15.6 Å². The van der Waals surface area contributed by atoms with E-state index in [1.165, 1.54) is 30.2 Å². The van der Waals surface area contributed by atoms with Gasteiger partial charge in [-0.3, -0.25) is 0 Å². The second kappa shape index (κ2) is 6.16. The Labute approximate surface area is 126 Å². The summed E-state index contributed by atoms with van der Waals surface area (Å²) >= 11 is 7.19. The molecule has 1 heterocycles. The predicted molar refractivity (Wildman–Crippen MR) is 79.7 cm³/mol. The standard InChI is InChI=1S/C14H15ClFN3S/c15-9-3-6-11(12(16)8-9)14-19-18-13(20-14)2-1-7-17-10-4-5-10/h3,6,8,10,17H,1-2,4-5,7H2. The van der Waals surface area contributed by atoms with E-state index in [-0.39, 0.29) is 5.82 Å². The van der Waals surface area contributed by atoms with Gasteiger partial charge in [0.2, 0.25) is 0 Å². The van der Waals surface area contributed by atoms with Crippen molar-refractivity contribution in [2.24, 2.45) is 0 Å². The number of rotatable bonds is 6. The summed E-state index contributed by atoms with van der Waals surface area (Å²) in [6.07, 6.45) is 4.53. The van der Waals surface area contributed by atoms with Crippen LogP contribution in [0.15, 0.2) is 18.2 Å². The molecule has 0 bridgehead atoms. The van der Waals surface area contributed by atoms with E-state index in [1.807, 2.05) is 0 Å². The summed E-state index contributed by atoms with van der Waals surface area (Å²) in [7, 11) is 0. The smallest absolute Gasteiger partial charge is 0.150 e. The van der Waals surface area contributed by atoms with Gasteiger partial charge in [-0.1, -0.05) is 22.9 Å². The van der Waals surface area contributed by atoms with Crippen molar-refractivity contribution in [3.63, 3.8) is 0 Å². The van der Waals surface area contributed by atoms with Crippen molar-refractivity contribution in [1.82, 2.24) is 15.5 Å². The molecule has 20 heavy (non-hydrogen) atoms. The minimum absolute atomic E-state index is 0.351. The molecule has 0 radical (unpaired) electrons. The predicted octanol–water partition coefficient (Wildman–Crippen LogP) is 3.68. The Hall–Kier alpha value is -1.04. The van der Waals surface area contributed by atoms with E-state index >= 15 is 0 Å². The molecule has 1 fully saturated rings. The molecule has 1 aromatic carbocycles. The highest BCUT2D eigenvalue weighted by Crippen LogP contribution is 2.28. The van der Waals surface area contributed by atoms with Crippen LogP contribution in [0, 0.1) is 5.82 Å². The monoisotopic (exact) mass is 311 g/mol. The molecule has 1 saturated carbocycles. The Kier molecular flexibility index (Phi) is 4.29. The van der Waals surface area contributed by atoms with Gasteiger partial charge >= 0.3 is 0 Å². The second-order valence-electron chi connectivity index (χ2n) is 4.96. The van der Waals surface area contributed by atoms with E-state index in [1.54, 1.807) is 12.1 Å². The van der Waals surface area contributed by atoms with Crippen LogP contribution in [0.4, 0.5) is 4.39 Å². The fraction of sp³-hybridized carbons (Fsp3) is 0.429. The zero-order chi connectivity index (χ0) is 13.9. The van der Waals surface area contributed by atoms with E-state index in [2.05, 4.69) is 15.5 Å². The van der Waals surface area contributed by atoms with Crippen molar-refractivity contribution < 1.29 is 4.39 Å². The fourth-order valence-electron chi connectivity index (χ4n) is 1.96. The van der Waals surface area contributed by atoms with Crippen molar-refractivity contribution in [2.45, 2.75) is 31.7 Å². The molecule has 1 aliphatic rings. The van der Waals surface area contributed by atoms with E-state index in [4.69, 9.17) is 11.6 Å². The van der Waals surface area contributed by atoms with Gasteiger partial charge in [-0.05, 0) is 44.0 Å². The Morgan fingerprint density at radius 3 is 2.95 bits per heavy atom. The topological polar surface area (TPSA) is 37.8 Å². The van der Waals surface area contributed by atoms with Crippen LogP contribution in [0.3, 0.4) is 0 Å². The van der Waals surface area contributed by atoms with Crippen LogP contribution in [-0.4, -0.2) is 22.8 Å². The molecule has 106 valence electrons. The van der Waals surface area contributed by atoms with Crippen LogP contribution in [0.2, 0.25) is 5.02 Å². The van der Waals surface area contributed by atoms with Crippen LogP contribution >= 0.6 is 22.9 Å². The summed E-state index contributed by atoms with van der Waals surface area (Å²) in [5, 5.41) is 13.6. The van der Waals surface area contributed by atoms with Gasteiger partial charge in [0.1, 0.15) is 10.8 Å². The number of benzene rings is 1. The third-order valence-electron chi connectivity index (χ3n) is 3.21. The summed E-state index contributed by atoms with van der Waals surface area (Å²) in [5.41, 5.74) is 0.467. The van der Waals surface area contributed by atoms with Crippen molar-refractivity contribution in [2.75, 3.05) is 6.54 Å². The highest BCUT2D eigenvalue weighted by Gasteiger charge is 2.19. The molecular formula is C14H15ClFN3S. The minimum atomic E-state index is -0.351. The number of aromatic nitrogens is 2. The highest BCUT2D eigenvalue weighted by molar-refractivity contribution is 7.14. The molecule has 0 unspecified atom stereocenters. The van der Waals surface area contributed by atoms with Gasteiger partial charge in [-0.2, -0.15) is 0 Å². The average molecular weight is 312 g/mol. The molecule has 1 aliphatic carbocycles. The van der Waals surface area contributed by atoms with Gasteiger partial charge in [-0.15, -0.1) is 10.2 Å². The molecule has 1 aromatic heterocycles. The maximum atomic E-state index is 13.8. The van der Waals surface area contributed by atoms with Crippen LogP contribution in [0.1, 0.15) is 24.3 Å². The molecule has 6 heteroatoms. The molecular weight excluding hydrogens is 297 g/mol. The summed E-state index contributed by atoms with van der Waals surface area (Å²) in [5.74, 6) is -0.351. The molecule has 0 amide bonds.